The molecule has 12 heavy (non-hydrogen) atoms. The quantitative estimate of drug-likeness (QED) is 0.613. The minimum Gasteiger partial charge on any atom is -0.259 e. The van der Waals surface area contributed by atoms with Crippen LogP contribution in [0.5, 0.6) is 0 Å². The van der Waals surface area contributed by atoms with Gasteiger partial charge in [0.05, 0.1) is 10.7 Å². The second-order valence-corrected chi connectivity index (χ2v) is 4.38. The number of thioether (sulfide) groups is 1. The molecular formula is C9H14N2S. The lowest BCUT2D eigenvalue weighted by Gasteiger charge is -2.00. The molecule has 0 saturated carbocycles. The van der Waals surface area contributed by atoms with Gasteiger partial charge in [0.1, 0.15) is 0 Å². The molecule has 2 heterocycles. The molecule has 1 aliphatic rings. The Bertz CT molecular complexity index is 291. The van der Waals surface area contributed by atoms with Crippen LogP contribution in [0.2, 0.25) is 0 Å². The number of hydrogen-bond acceptors (Lipinski definition) is 2. The van der Waals surface area contributed by atoms with Crippen LogP contribution in [0.3, 0.4) is 0 Å². The zero-order chi connectivity index (χ0) is 8.55. The molecule has 0 radical (unpaired) electrons. The van der Waals surface area contributed by atoms with Gasteiger partial charge in [0.15, 0.2) is 0 Å². The second kappa shape index (κ2) is 3.13. The highest BCUT2D eigenvalue weighted by molar-refractivity contribution is 7.99. The molecule has 1 aromatic heterocycles. The van der Waals surface area contributed by atoms with Gasteiger partial charge in [-0.2, -0.15) is 5.10 Å². The largest absolute Gasteiger partial charge is 0.259 e. The maximum atomic E-state index is 4.51. The highest BCUT2D eigenvalue weighted by Crippen LogP contribution is 2.28. The Labute approximate surface area is 77.3 Å². The van der Waals surface area contributed by atoms with E-state index in [2.05, 4.69) is 23.6 Å². The van der Waals surface area contributed by atoms with Crippen LogP contribution in [0.25, 0.3) is 0 Å². The summed E-state index contributed by atoms with van der Waals surface area (Å²) in [6.07, 6.45) is 2.60. The molecule has 2 rings (SSSR count). The van der Waals surface area contributed by atoms with Gasteiger partial charge in [0.2, 0.25) is 0 Å². The molecule has 66 valence electrons. The SMILES string of the molecule is Cc1nn2c(c1C)SCCCC2. The van der Waals surface area contributed by atoms with E-state index >= 15 is 0 Å². The maximum Gasteiger partial charge on any atom is 0.0971 e. The van der Waals surface area contributed by atoms with Crippen molar-refractivity contribution >= 4 is 11.8 Å². The van der Waals surface area contributed by atoms with Gasteiger partial charge in [-0.3, -0.25) is 4.68 Å². The second-order valence-electron chi connectivity index (χ2n) is 3.29. The van der Waals surface area contributed by atoms with Crippen LogP contribution in [0.1, 0.15) is 24.1 Å². The summed E-state index contributed by atoms with van der Waals surface area (Å²) in [5.74, 6) is 1.26. The summed E-state index contributed by atoms with van der Waals surface area (Å²) >= 11 is 1.96. The van der Waals surface area contributed by atoms with Crippen molar-refractivity contribution in [2.24, 2.45) is 0 Å². The van der Waals surface area contributed by atoms with E-state index in [1.54, 1.807) is 0 Å². The molecule has 0 unspecified atom stereocenters. The van der Waals surface area contributed by atoms with Gasteiger partial charge >= 0.3 is 0 Å². The molecule has 2 nitrogen and oxygen atoms in total. The summed E-state index contributed by atoms with van der Waals surface area (Å²) < 4.78 is 2.17. The molecule has 0 amide bonds. The Morgan fingerprint density at radius 1 is 1.33 bits per heavy atom. The molecule has 0 atom stereocenters. The van der Waals surface area contributed by atoms with E-state index in [4.69, 9.17) is 0 Å². The highest BCUT2D eigenvalue weighted by atomic mass is 32.2. The summed E-state index contributed by atoms with van der Waals surface area (Å²) in [5.41, 5.74) is 2.57. The van der Waals surface area contributed by atoms with Gasteiger partial charge in [-0.05, 0) is 32.4 Å². The Balaban J connectivity index is 2.42. The monoisotopic (exact) mass is 182 g/mol. The average Bonchev–Trinajstić information content (AvgIpc) is 2.30. The molecule has 1 aromatic rings. The molecule has 1 aliphatic heterocycles. The van der Waals surface area contributed by atoms with Crippen LogP contribution in [-0.2, 0) is 6.54 Å². The number of hydrogen-bond donors (Lipinski definition) is 0. The molecular weight excluding hydrogens is 168 g/mol. The minimum absolute atomic E-state index is 1.11. The Morgan fingerprint density at radius 3 is 3.00 bits per heavy atom. The van der Waals surface area contributed by atoms with Crippen molar-refractivity contribution in [2.75, 3.05) is 5.75 Å². The van der Waals surface area contributed by atoms with Gasteiger partial charge in [-0.1, -0.05) is 0 Å². The lowest BCUT2D eigenvalue weighted by atomic mass is 10.3. The van der Waals surface area contributed by atoms with E-state index in [9.17, 15) is 0 Å². The van der Waals surface area contributed by atoms with Crippen LogP contribution in [0.4, 0.5) is 0 Å². The van der Waals surface area contributed by atoms with Gasteiger partial charge < -0.3 is 0 Å². The van der Waals surface area contributed by atoms with Crippen LogP contribution >= 0.6 is 11.8 Å². The summed E-state index contributed by atoms with van der Waals surface area (Å²) in [6, 6.07) is 0. The number of rotatable bonds is 0. The fraction of sp³-hybridized carbons (Fsp3) is 0.667. The third kappa shape index (κ3) is 1.26. The van der Waals surface area contributed by atoms with Crippen LogP contribution in [-0.4, -0.2) is 15.5 Å². The first-order valence-electron chi connectivity index (χ1n) is 4.46. The van der Waals surface area contributed by atoms with Crippen molar-refractivity contribution in [3.8, 4) is 0 Å². The molecule has 0 aliphatic carbocycles. The molecule has 0 saturated heterocycles. The van der Waals surface area contributed by atoms with Crippen molar-refractivity contribution in [1.82, 2.24) is 9.78 Å². The fourth-order valence-electron chi connectivity index (χ4n) is 1.52. The van der Waals surface area contributed by atoms with E-state index in [1.165, 1.54) is 34.9 Å². The van der Waals surface area contributed by atoms with Crippen molar-refractivity contribution in [1.29, 1.82) is 0 Å². The van der Waals surface area contributed by atoms with E-state index in [0.717, 1.165) is 6.54 Å². The Hall–Kier alpha value is -0.440. The van der Waals surface area contributed by atoms with Crippen LogP contribution in [0, 0.1) is 13.8 Å². The molecule has 0 spiro atoms. The first-order chi connectivity index (χ1) is 5.79. The van der Waals surface area contributed by atoms with Crippen molar-refractivity contribution in [3.05, 3.63) is 11.3 Å². The Kier molecular flexibility index (Phi) is 2.13. The van der Waals surface area contributed by atoms with Crippen LogP contribution < -0.4 is 0 Å². The maximum absolute atomic E-state index is 4.51. The third-order valence-electron chi connectivity index (χ3n) is 2.37. The van der Waals surface area contributed by atoms with Crippen molar-refractivity contribution < 1.29 is 0 Å². The summed E-state index contributed by atoms with van der Waals surface area (Å²) in [7, 11) is 0. The van der Waals surface area contributed by atoms with Gasteiger partial charge in [0.25, 0.3) is 0 Å². The molecule has 0 aromatic carbocycles. The zero-order valence-corrected chi connectivity index (χ0v) is 8.45. The molecule has 0 fully saturated rings. The topological polar surface area (TPSA) is 17.8 Å². The fourth-order valence-corrected chi connectivity index (χ4v) is 2.70. The number of nitrogens with zero attached hydrogens (tertiary/aromatic N) is 2. The van der Waals surface area contributed by atoms with E-state index < -0.39 is 0 Å². The van der Waals surface area contributed by atoms with Gasteiger partial charge in [-0.25, -0.2) is 0 Å². The summed E-state index contributed by atoms with van der Waals surface area (Å²) in [6.45, 7) is 5.38. The minimum atomic E-state index is 1.11. The first-order valence-corrected chi connectivity index (χ1v) is 5.44. The molecule has 0 bridgehead atoms. The predicted molar refractivity (Wildman–Crippen MR) is 51.7 cm³/mol. The highest BCUT2D eigenvalue weighted by Gasteiger charge is 2.13. The standard InChI is InChI=1S/C9H14N2S/c1-7-8(2)10-11-5-3-4-6-12-9(7)11/h3-6H2,1-2H3. The van der Waals surface area contributed by atoms with E-state index in [-0.39, 0.29) is 0 Å². The van der Waals surface area contributed by atoms with E-state index in [0.29, 0.717) is 0 Å². The smallest absolute Gasteiger partial charge is 0.0971 e. The van der Waals surface area contributed by atoms with Crippen molar-refractivity contribution in [3.63, 3.8) is 0 Å². The van der Waals surface area contributed by atoms with Crippen LogP contribution in [0.15, 0.2) is 5.03 Å². The molecule has 3 heteroatoms. The van der Waals surface area contributed by atoms with Crippen molar-refractivity contribution in [2.45, 2.75) is 38.3 Å². The summed E-state index contributed by atoms with van der Waals surface area (Å²) in [4.78, 5) is 0. The molecule has 0 N–H and O–H groups in total. The zero-order valence-electron chi connectivity index (χ0n) is 7.63. The summed E-state index contributed by atoms with van der Waals surface area (Å²) in [5, 5.41) is 5.90. The number of aryl methyl sites for hydroxylation is 2. The first kappa shape index (κ1) is 8.17. The van der Waals surface area contributed by atoms with Gasteiger partial charge in [0, 0.05) is 12.1 Å². The third-order valence-corrected chi connectivity index (χ3v) is 3.65. The average molecular weight is 182 g/mol. The Morgan fingerprint density at radius 2 is 2.17 bits per heavy atom. The normalized spacial score (nSPS) is 17.2. The number of aromatic nitrogens is 2. The van der Waals surface area contributed by atoms with E-state index in [1.807, 2.05) is 11.8 Å². The lowest BCUT2D eigenvalue weighted by molar-refractivity contribution is 0.541. The number of fused-ring (bicyclic) bond motifs is 1. The van der Waals surface area contributed by atoms with Gasteiger partial charge in [-0.15, -0.1) is 11.8 Å². The predicted octanol–water partition coefficient (Wildman–Crippen LogP) is 2.39. The lowest BCUT2D eigenvalue weighted by Crippen LogP contribution is -1.99.